The first-order valence-corrected chi connectivity index (χ1v) is 12.0. The van der Waals surface area contributed by atoms with Crippen molar-refractivity contribution in [2.45, 2.75) is 30.6 Å². The van der Waals surface area contributed by atoms with Gasteiger partial charge in [0.1, 0.15) is 16.4 Å². The van der Waals surface area contributed by atoms with Gasteiger partial charge in [-0.2, -0.15) is 4.31 Å². The van der Waals surface area contributed by atoms with Crippen LogP contribution in [0, 0.1) is 0 Å². The van der Waals surface area contributed by atoms with E-state index in [4.69, 9.17) is 32.7 Å². The van der Waals surface area contributed by atoms with Crippen LogP contribution in [0.4, 0.5) is 5.69 Å². The average Bonchev–Trinajstić information content (AvgIpc) is 3.05. The maximum Gasteiger partial charge on any atom is 0.255 e. The Hall–Kier alpha value is -2.00. The van der Waals surface area contributed by atoms with E-state index in [1.54, 1.807) is 0 Å². The minimum absolute atomic E-state index is 0.0755. The zero-order valence-corrected chi connectivity index (χ0v) is 19.6. The fourth-order valence-corrected chi connectivity index (χ4v) is 5.66. The third-order valence-corrected chi connectivity index (χ3v) is 7.77. The summed E-state index contributed by atoms with van der Waals surface area (Å²) in [5, 5.41) is 3.12. The maximum absolute atomic E-state index is 13.2. The summed E-state index contributed by atoms with van der Waals surface area (Å²) >= 11 is 12.3. The molecule has 1 aliphatic heterocycles. The highest BCUT2D eigenvalue weighted by molar-refractivity contribution is 7.89. The van der Waals surface area contributed by atoms with Crippen molar-refractivity contribution in [2.75, 3.05) is 32.6 Å². The van der Waals surface area contributed by atoms with Gasteiger partial charge in [0, 0.05) is 30.8 Å². The Balaban J connectivity index is 1.92. The van der Waals surface area contributed by atoms with Gasteiger partial charge in [-0.05, 0) is 31.0 Å². The van der Waals surface area contributed by atoms with Gasteiger partial charge in [-0.25, -0.2) is 8.42 Å². The fourth-order valence-electron chi connectivity index (χ4n) is 3.42. The van der Waals surface area contributed by atoms with Crippen molar-refractivity contribution >= 4 is 44.8 Å². The highest BCUT2D eigenvalue weighted by atomic mass is 35.5. The molecule has 1 fully saturated rings. The SMILES string of the molecule is COc1cc(NC(=O)c2ccc(Cl)c(S(=O)(=O)N3CCCCCC3)c2)c(OC)cc1Cl. The quantitative estimate of drug-likeness (QED) is 0.631. The molecule has 2 aromatic rings. The molecule has 0 aliphatic carbocycles. The molecule has 1 saturated heterocycles. The number of carbonyl (C=O) groups excluding carboxylic acids is 1. The van der Waals surface area contributed by atoms with Crippen LogP contribution in [-0.4, -0.2) is 45.9 Å². The Labute approximate surface area is 192 Å². The van der Waals surface area contributed by atoms with E-state index in [2.05, 4.69) is 5.32 Å². The summed E-state index contributed by atoms with van der Waals surface area (Å²) in [5.74, 6) is 0.176. The Morgan fingerprint density at radius 2 is 1.58 bits per heavy atom. The summed E-state index contributed by atoms with van der Waals surface area (Å²) in [4.78, 5) is 12.8. The first kappa shape index (κ1) is 23.7. The molecule has 0 unspecified atom stereocenters. The molecule has 0 saturated carbocycles. The van der Waals surface area contributed by atoms with Gasteiger partial charge in [0.15, 0.2) is 0 Å². The van der Waals surface area contributed by atoms with E-state index in [1.165, 1.54) is 48.9 Å². The molecule has 1 heterocycles. The number of sulfonamides is 1. The van der Waals surface area contributed by atoms with Gasteiger partial charge in [0.25, 0.3) is 5.91 Å². The van der Waals surface area contributed by atoms with E-state index >= 15 is 0 Å². The fraction of sp³-hybridized carbons (Fsp3) is 0.381. The number of amides is 1. The Morgan fingerprint density at radius 3 is 2.19 bits per heavy atom. The van der Waals surface area contributed by atoms with Gasteiger partial charge >= 0.3 is 0 Å². The molecule has 1 amide bonds. The van der Waals surface area contributed by atoms with Crippen LogP contribution < -0.4 is 14.8 Å². The largest absolute Gasteiger partial charge is 0.495 e. The van der Waals surface area contributed by atoms with Crippen molar-refractivity contribution in [3.05, 3.63) is 45.9 Å². The third-order valence-electron chi connectivity index (χ3n) is 5.10. The summed E-state index contributed by atoms with van der Waals surface area (Å²) < 4.78 is 38.2. The highest BCUT2D eigenvalue weighted by Crippen LogP contribution is 2.36. The number of nitrogens with one attached hydrogen (secondary N) is 1. The Kier molecular flexibility index (Phi) is 7.69. The standard InChI is InChI=1S/C21H24Cl2N2O5S/c1-29-18-13-17(19(30-2)12-16(18)23)24-21(26)14-7-8-15(22)20(11-14)31(27,28)25-9-5-3-4-6-10-25/h7-8,11-13H,3-6,9-10H2,1-2H3,(H,24,26). The molecular formula is C21H24Cl2N2O5S. The van der Waals surface area contributed by atoms with E-state index in [9.17, 15) is 13.2 Å². The van der Waals surface area contributed by atoms with Crippen molar-refractivity contribution in [3.8, 4) is 11.5 Å². The van der Waals surface area contributed by atoms with E-state index in [0.717, 1.165) is 25.7 Å². The number of benzene rings is 2. The van der Waals surface area contributed by atoms with Crippen molar-refractivity contribution in [1.82, 2.24) is 4.31 Å². The van der Waals surface area contributed by atoms with Crippen LogP contribution in [0.25, 0.3) is 0 Å². The Bertz CT molecular complexity index is 1070. The minimum Gasteiger partial charge on any atom is -0.495 e. The van der Waals surface area contributed by atoms with Crippen LogP contribution in [-0.2, 0) is 10.0 Å². The van der Waals surface area contributed by atoms with Gasteiger partial charge in [0.05, 0.1) is 30.0 Å². The van der Waals surface area contributed by atoms with Crippen LogP contribution in [0.15, 0.2) is 35.2 Å². The number of rotatable bonds is 6. The molecule has 0 aromatic heterocycles. The monoisotopic (exact) mass is 486 g/mol. The van der Waals surface area contributed by atoms with Gasteiger partial charge in [-0.1, -0.05) is 36.0 Å². The molecule has 0 radical (unpaired) electrons. The van der Waals surface area contributed by atoms with Gasteiger partial charge in [-0.3, -0.25) is 4.79 Å². The summed E-state index contributed by atoms with van der Waals surface area (Å²) in [6.07, 6.45) is 3.59. The lowest BCUT2D eigenvalue weighted by atomic mass is 10.2. The molecule has 0 spiro atoms. The van der Waals surface area contributed by atoms with Gasteiger partial charge in [0.2, 0.25) is 10.0 Å². The second-order valence-electron chi connectivity index (χ2n) is 7.10. The van der Waals surface area contributed by atoms with Crippen molar-refractivity contribution in [1.29, 1.82) is 0 Å². The topological polar surface area (TPSA) is 84.9 Å². The number of hydrogen-bond donors (Lipinski definition) is 1. The number of carbonyl (C=O) groups is 1. The van der Waals surface area contributed by atoms with E-state index < -0.39 is 15.9 Å². The molecule has 1 aliphatic rings. The second-order valence-corrected chi connectivity index (χ2v) is 9.83. The summed E-state index contributed by atoms with van der Waals surface area (Å²) in [6.45, 7) is 0.883. The molecular weight excluding hydrogens is 463 g/mol. The lowest BCUT2D eigenvalue weighted by Crippen LogP contribution is -2.32. The van der Waals surface area contributed by atoms with Crippen LogP contribution in [0.2, 0.25) is 10.0 Å². The minimum atomic E-state index is -3.81. The molecule has 0 bridgehead atoms. The van der Waals surface area contributed by atoms with E-state index in [-0.39, 0.29) is 15.5 Å². The van der Waals surface area contributed by atoms with Crippen LogP contribution in [0.5, 0.6) is 11.5 Å². The molecule has 0 atom stereocenters. The maximum atomic E-state index is 13.2. The van der Waals surface area contributed by atoms with Crippen molar-refractivity contribution < 1.29 is 22.7 Å². The molecule has 2 aromatic carbocycles. The summed E-state index contributed by atoms with van der Waals surface area (Å²) in [5.41, 5.74) is 0.481. The smallest absolute Gasteiger partial charge is 0.255 e. The third kappa shape index (κ3) is 5.26. The first-order chi connectivity index (χ1) is 14.8. The molecule has 1 N–H and O–H groups in total. The number of hydrogen-bond acceptors (Lipinski definition) is 5. The molecule has 7 nitrogen and oxygen atoms in total. The summed E-state index contributed by atoms with van der Waals surface area (Å²) in [7, 11) is -0.912. The van der Waals surface area contributed by atoms with Crippen LogP contribution in [0.3, 0.4) is 0 Å². The number of anilines is 1. The lowest BCUT2D eigenvalue weighted by Gasteiger charge is -2.21. The number of methoxy groups -OCH3 is 2. The molecule has 168 valence electrons. The van der Waals surface area contributed by atoms with Crippen molar-refractivity contribution in [2.24, 2.45) is 0 Å². The normalized spacial score (nSPS) is 15.2. The zero-order chi connectivity index (χ0) is 22.6. The van der Waals surface area contributed by atoms with Gasteiger partial charge in [-0.15, -0.1) is 0 Å². The first-order valence-electron chi connectivity index (χ1n) is 9.80. The van der Waals surface area contributed by atoms with Crippen LogP contribution >= 0.6 is 23.2 Å². The van der Waals surface area contributed by atoms with E-state index in [1.807, 2.05) is 0 Å². The average molecular weight is 487 g/mol. The molecule has 31 heavy (non-hydrogen) atoms. The van der Waals surface area contributed by atoms with Gasteiger partial charge < -0.3 is 14.8 Å². The summed E-state index contributed by atoms with van der Waals surface area (Å²) in [6, 6.07) is 7.24. The van der Waals surface area contributed by atoms with E-state index in [0.29, 0.717) is 35.3 Å². The predicted molar refractivity (Wildman–Crippen MR) is 121 cm³/mol. The molecule has 3 rings (SSSR count). The molecule has 10 heteroatoms. The number of ether oxygens (including phenoxy) is 2. The van der Waals surface area contributed by atoms with Crippen LogP contribution in [0.1, 0.15) is 36.0 Å². The number of nitrogens with zero attached hydrogens (tertiary/aromatic N) is 1. The van der Waals surface area contributed by atoms with Crippen molar-refractivity contribution in [3.63, 3.8) is 0 Å². The number of halogens is 2. The lowest BCUT2D eigenvalue weighted by molar-refractivity contribution is 0.102. The second kappa shape index (κ2) is 10.1. The highest BCUT2D eigenvalue weighted by Gasteiger charge is 2.28. The Morgan fingerprint density at radius 1 is 0.935 bits per heavy atom. The zero-order valence-electron chi connectivity index (χ0n) is 17.3. The predicted octanol–water partition coefficient (Wildman–Crippen LogP) is 4.83.